The molecule has 0 fully saturated rings. The fourth-order valence-electron chi connectivity index (χ4n) is 9.01. The Kier molecular flexibility index (Phi) is 15.3. The molecular formula is C58H69N. The van der Waals surface area contributed by atoms with Gasteiger partial charge in [0.2, 0.25) is 0 Å². The Morgan fingerprint density at radius 3 is 1.32 bits per heavy atom. The van der Waals surface area contributed by atoms with Crippen LogP contribution in [0.1, 0.15) is 130 Å². The topological polar surface area (TPSA) is 3.24 Å². The highest BCUT2D eigenvalue weighted by molar-refractivity contribution is 5.78. The molecule has 0 saturated heterocycles. The van der Waals surface area contributed by atoms with Crippen LogP contribution in [0.2, 0.25) is 0 Å². The molecule has 0 saturated carbocycles. The van der Waals surface area contributed by atoms with Crippen molar-refractivity contribution < 1.29 is 0 Å². The quantitative estimate of drug-likeness (QED) is 0.0620. The molecule has 1 heteroatoms. The van der Waals surface area contributed by atoms with Crippen LogP contribution in [0, 0.1) is 6.92 Å². The average molecular weight is 780 g/mol. The summed E-state index contributed by atoms with van der Waals surface area (Å²) in [6.07, 6.45) is 22.9. The molecule has 0 atom stereocenters. The van der Waals surface area contributed by atoms with E-state index < -0.39 is 0 Å². The van der Waals surface area contributed by atoms with Crippen LogP contribution in [0.25, 0.3) is 33.4 Å². The van der Waals surface area contributed by atoms with Gasteiger partial charge in [-0.25, -0.2) is 0 Å². The SMILES string of the molecule is CCCCc1cc(-c2ccc(-c3ccc(N(C)c4ccc(CCCCCCCCCCc5ccc6c(c5)CC6)cc4)cc3)c(CCCC)c2)ccc1-c1ccc(C)cc1. The number of aryl methyl sites for hydroxylation is 7. The van der Waals surface area contributed by atoms with E-state index in [4.69, 9.17) is 0 Å². The molecule has 1 aliphatic rings. The maximum Gasteiger partial charge on any atom is 0.0408 e. The van der Waals surface area contributed by atoms with Crippen molar-refractivity contribution in [2.45, 2.75) is 136 Å². The van der Waals surface area contributed by atoms with Crippen LogP contribution in [0.4, 0.5) is 11.4 Å². The first-order chi connectivity index (χ1) is 29.0. The standard InChI is InChI=1S/C58H69N/c1-5-7-19-53-42-51(33-39-57(53)48-26-21-44(3)22-27-48)52-34-40-58(54(43-52)20-8-6-2)49-31-37-56(38-32-49)59(4)55-35-24-45(25-36-55)17-15-13-11-9-10-12-14-16-18-46-23-28-47-29-30-50(47)41-46/h21-28,31-43H,5-20,29-30H2,1-4H3. The maximum absolute atomic E-state index is 2.47. The molecule has 0 heterocycles. The highest BCUT2D eigenvalue weighted by Gasteiger charge is 2.14. The second kappa shape index (κ2) is 21.4. The number of rotatable bonds is 22. The maximum atomic E-state index is 2.47. The van der Waals surface area contributed by atoms with Crippen LogP contribution in [-0.2, 0) is 38.5 Å². The Morgan fingerprint density at radius 2 is 0.831 bits per heavy atom. The van der Waals surface area contributed by atoms with Gasteiger partial charge < -0.3 is 4.90 Å². The summed E-state index contributed by atoms with van der Waals surface area (Å²) in [7, 11) is 2.19. The fraction of sp³-hybridized carbons (Fsp3) is 0.379. The van der Waals surface area contributed by atoms with Crippen molar-refractivity contribution in [1.29, 1.82) is 0 Å². The van der Waals surface area contributed by atoms with Gasteiger partial charge in [0.25, 0.3) is 0 Å². The molecule has 6 aromatic carbocycles. The van der Waals surface area contributed by atoms with Crippen molar-refractivity contribution in [3.05, 3.63) is 166 Å². The van der Waals surface area contributed by atoms with Crippen LogP contribution in [0.3, 0.4) is 0 Å². The van der Waals surface area contributed by atoms with E-state index >= 15 is 0 Å². The highest BCUT2D eigenvalue weighted by atomic mass is 15.1. The van der Waals surface area contributed by atoms with Crippen LogP contribution < -0.4 is 4.90 Å². The van der Waals surface area contributed by atoms with E-state index in [0.29, 0.717) is 0 Å². The van der Waals surface area contributed by atoms with Gasteiger partial charge in [0.1, 0.15) is 0 Å². The molecular weight excluding hydrogens is 711 g/mol. The summed E-state index contributed by atoms with van der Waals surface area (Å²) in [5, 5.41) is 0. The zero-order valence-electron chi connectivity index (χ0n) is 36.8. The first-order valence-electron chi connectivity index (χ1n) is 23.4. The van der Waals surface area contributed by atoms with Crippen molar-refractivity contribution in [1.82, 2.24) is 0 Å². The summed E-state index contributed by atoms with van der Waals surface area (Å²) in [4.78, 5) is 2.32. The van der Waals surface area contributed by atoms with E-state index in [0.717, 1.165) is 12.8 Å². The fourth-order valence-corrected chi connectivity index (χ4v) is 9.01. The lowest BCUT2D eigenvalue weighted by atomic mass is 9.86. The Balaban J connectivity index is 0.902. The normalized spacial score (nSPS) is 12.0. The summed E-state index contributed by atoms with van der Waals surface area (Å²) in [5.41, 5.74) is 20.8. The number of nitrogens with zero attached hydrogens (tertiary/aromatic N) is 1. The molecule has 59 heavy (non-hydrogen) atoms. The Morgan fingerprint density at radius 1 is 0.390 bits per heavy atom. The average Bonchev–Trinajstić information content (AvgIpc) is 3.26. The molecule has 6 aromatic rings. The van der Waals surface area contributed by atoms with Gasteiger partial charge in [0.05, 0.1) is 0 Å². The lowest BCUT2D eigenvalue weighted by Gasteiger charge is -2.21. The molecule has 306 valence electrons. The lowest BCUT2D eigenvalue weighted by molar-refractivity contribution is 0.567. The summed E-state index contributed by atoms with van der Waals surface area (Å²) < 4.78 is 0. The predicted octanol–water partition coefficient (Wildman–Crippen LogP) is 16.5. The summed E-state index contributed by atoms with van der Waals surface area (Å²) in [6, 6.07) is 49.0. The van der Waals surface area contributed by atoms with Crippen molar-refractivity contribution in [2.75, 3.05) is 11.9 Å². The molecule has 0 spiro atoms. The van der Waals surface area contributed by atoms with Gasteiger partial charge in [0.15, 0.2) is 0 Å². The molecule has 1 nitrogen and oxygen atoms in total. The largest absolute Gasteiger partial charge is 0.345 e. The van der Waals surface area contributed by atoms with E-state index in [-0.39, 0.29) is 0 Å². The van der Waals surface area contributed by atoms with Crippen molar-refractivity contribution in [3.8, 4) is 33.4 Å². The third kappa shape index (κ3) is 11.4. The Labute approximate surface area is 357 Å². The number of fused-ring (bicyclic) bond motifs is 1. The molecule has 0 N–H and O–H groups in total. The number of unbranched alkanes of at least 4 members (excludes halogenated alkanes) is 9. The van der Waals surface area contributed by atoms with Gasteiger partial charge in [-0.2, -0.15) is 0 Å². The van der Waals surface area contributed by atoms with Crippen molar-refractivity contribution in [3.63, 3.8) is 0 Å². The third-order valence-electron chi connectivity index (χ3n) is 13.0. The van der Waals surface area contributed by atoms with Crippen LogP contribution in [-0.4, -0.2) is 7.05 Å². The van der Waals surface area contributed by atoms with Gasteiger partial charge in [0, 0.05) is 18.4 Å². The molecule has 0 unspecified atom stereocenters. The van der Waals surface area contributed by atoms with Crippen molar-refractivity contribution in [2.24, 2.45) is 0 Å². The minimum absolute atomic E-state index is 1.09. The van der Waals surface area contributed by atoms with Gasteiger partial charge >= 0.3 is 0 Å². The molecule has 0 aliphatic heterocycles. The van der Waals surface area contributed by atoms with E-state index in [9.17, 15) is 0 Å². The number of hydrogen-bond donors (Lipinski definition) is 0. The molecule has 0 bridgehead atoms. The van der Waals surface area contributed by atoms with Crippen LogP contribution >= 0.6 is 0 Å². The van der Waals surface area contributed by atoms with Crippen LogP contribution in [0.5, 0.6) is 0 Å². The molecule has 0 radical (unpaired) electrons. The number of hydrogen-bond acceptors (Lipinski definition) is 1. The molecule has 0 amide bonds. The van der Waals surface area contributed by atoms with E-state index in [1.807, 2.05) is 0 Å². The van der Waals surface area contributed by atoms with E-state index in [1.54, 1.807) is 16.7 Å². The lowest BCUT2D eigenvalue weighted by Crippen LogP contribution is -2.09. The molecule has 0 aromatic heterocycles. The second-order valence-corrected chi connectivity index (χ2v) is 17.5. The zero-order valence-corrected chi connectivity index (χ0v) is 36.8. The van der Waals surface area contributed by atoms with Gasteiger partial charge in [-0.3, -0.25) is 0 Å². The first kappa shape index (κ1) is 42.3. The first-order valence-corrected chi connectivity index (χ1v) is 23.4. The third-order valence-corrected chi connectivity index (χ3v) is 13.0. The summed E-state index contributed by atoms with van der Waals surface area (Å²) in [5.74, 6) is 0. The number of anilines is 2. The monoisotopic (exact) mass is 780 g/mol. The molecule has 1 aliphatic carbocycles. The Bertz CT molecular complexity index is 2210. The van der Waals surface area contributed by atoms with Crippen molar-refractivity contribution >= 4 is 11.4 Å². The molecule has 7 rings (SSSR count). The highest BCUT2D eigenvalue weighted by Crippen LogP contribution is 2.35. The number of benzene rings is 6. The van der Waals surface area contributed by atoms with Gasteiger partial charge in [-0.05, 0) is 162 Å². The predicted molar refractivity (Wildman–Crippen MR) is 257 cm³/mol. The van der Waals surface area contributed by atoms with Gasteiger partial charge in [-0.1, -0.05) is 174 Å². The zero-order chi connectivity index (χ0) is 40.8. The van der Waals surface area contributed by atoms with Crippen LogP contribution in [0.15, 0.2) is 127 Å². The smallest absolute Gasteiger partial charge is 0.0408 e. The Hall–Kier alpha value is -4.88. The van der Waals surface area contributed by atoms with Gasteiger partial charge in [-0.15, -0.1) is 0 Å². The summed E-state index contributed by atoms with van der Waals surface area (Å²) >= 11 is 0. The second-order valence-electron chi connectivity index (χ2n) is 17.5. The minimum Gasteiger partial charge on any atom is -0.345 e. The summed E-state index contributed by atoms with van der Waals surface area (Å²) in [6.45, 7) is 6.75. The van der Waals surface area contributed by atoms with E-state index in [2.05, 4.69) is 160 Å². The minimum atomic E-state index is 1.09. The van der Waals surface area contributed by atoms with E-state index in [1.165, 1.54) is 170 Å².